The van der Waals surface area contributed by atoms with Gasteiger partial charge in [0.05, 0.1) is 5.92 Å². The van der Waals surface area contributed by atoms with Crippen LogP contribution in [0.25, 0.3) is 0 Å². The van der Waals surface area contributed by atoms with Gasteiger partial charge in [0.25, 0.3) is 0 Å². The molecule has 5 atom stereocenters. The maximum absolute atomic E-state index is 12.6. The van der Waals surface area contributed by atoms with Gasteiger partial charge in [-0.15, -0.1) is 0 Å². The number of nitrogens with zero attached hydrogens (tertiary/aromatic N) is 2. The number of piperazine rings is 1. The van der Waals surface area contributed by atoms with Crippen molar-refractivity contribution < 1.29 is 9.53 Å². The third-order valence-electron chi connectivity index (χ3n) is 7.13. The number of hydrogen-bond donors (Lipinski definition) is 0. The summed E-state index contributed by atoms with van der Waals surface area (Å²) < 4.78 is 5.87. The molecule has 0 bridgehead atoms. The van der Waals surface area contributed by atoms with E-state index in [0.717, 1.165) is 39.1 Å². The Bertz CT molecular complexity index is 538. The Labute approximate surface area is 146 Å². The van der Waals surface area contributed by atoms with Gasteiger partial charge >= 0.3 is 5.97 Å². The zero-order valence-corrected chi connectivity index (χ0v) is 15.5. The number of allylic oxidation sites excluding steroid dienone is 1. The zero-order valence-electron chi connectivity index (χ0n) is 15.5. The topological polar surface area (TPSA) is 32.8 Å². The lowest BCUT2D eigenvalue weighted by Crippen LogP contribution is -2.47. The van der Waals surface area contributed by atoms with Crippen LogP contribution < -0.4 is 0 Å². The van der Waals surface area contributed by atoms with Gasteiger partial charge in [-0.2, -0.15) is 0 Å². The van der Waals surface area contributed by atoms with Crippen molar-refractivity contribution in [3.63, 3.8) is 0 Å². The van der Waals surface area contributed by atoms with E-state index in [2.05, 4.69) is 36.8 Å². The van der Waals surface area contributed by atoms with E-state index in [1.807, 2.05) is 0 Å². The van der Waals surface area contributed by atoms with Crippen LogP contribution in [0.4, 0.5) is 0 Å². The highest BCUT2D eigenvalue weighted by Crippen LogP contribution is 2.53. The van der Waals surface area contributed by atoms with Gasteiger partial charge in [0.1, 0.15) is 6.10 Å². The molecule has 4 heteroatoms. The summed E-state index contributed by atoms with van der Waals surface area (Å²) >= 11 is 0. The molecule has 0 aromatic rings. The first-order chi connectivity index (χ1) is 11.5. The van der Waals surface area contributed by atoms with E-state index in [9.17, 15) is 4.79 Å². The predicted molar refractivity (Wildman–Crippen MR) is 94.6 cm³/mol. The van der Waals surface area contributed by atoms with Crippen LogP contribution >= 0.6 is 0 Å². The summed E-state index contributed by atoms with van der Waals surface area (Å²) in [6.07, 6.45) is 7.51. The predicted octanol–water partition coefficient (Wildman–Crippen LogP) is 2.55. The summed E-state index contributed by atoms with van der Waals surface area (Å²) in [4.78, 5) is 17.4. The molecule has 0 spiro atoms. The number of rotatable bonds is 2. The summed E-state index contributed by atoms with van der Waals surface area (Å²) in [6.45, 7) is 9.99. The van der Waals surface area contributed by atoms with E-state index in [4.69, 9.17) is 4.74 Å². The Balaban J connectivity index is 1.53. The van der Waals surface area contributed by atoms with E-state index in [1.165, 1.54) is 19.3 Å². The van der Waals surface area contributed by atoms with Gasteiger partial charge in [-0.3, -0.25) is 9.69 Å². The van der Waals surface area contributed by atoms with Crippen LogP contribution in [0.2, 0.25) is 0 Å². The van der Waals surface area contributed by atoms with Gasteiger partial charge < -0.3 is 9.64 Å². The zero-order chi connectivity index (χ0) is 16.9. The molecule has 0 aromatic heterocycles. The lowest BCUT2D eigenvalue weighted by molar-refractivity contribution is -0.145. The van der Waals surface area contributed by atoms with Gasteiger partial charge in [0.15, 0.2) is 0 Å². The minimum Gasteiger partial charge on any atom is -0.461 e. The van der Waals surface area contributed by atoms with Crippen molar-refractivity contribution in [1.29, 1.82) is 0 Å². The average Bonchev–Trinajstić information content (AvgIpc) is 2.82. The maximum Gasteiger partial charge on any atom is 0.311 e. The Morgan fingerprint density at radius 3 is 2.79 bits per heavy atom. The SMILES string of the molecule is C[C@H]1CCC[C@]2(C)C[C@H]3OC(=O)[C@H](CN4CCN(C)CC4)[C@H]3C=C12. The number of carbonyl (C=O) groups is 1. The molecule has 4 aliphatic rings. The number of ether oxygens (including phenoxy) is 1. The molecule has 0 unspecified atom stereocenters. The Hall–Kier alpha value is -0.870. The minimum absolute atomic E-state index is 0.0459. The molecule has 134 valence electrons. The standard InChI is InChI=1S/C20H32N2O2/c1-14-5-4-6-20(2)12-18-15(11-17(14)20)16(19(23)24-18)13-22-9-7-21(3)8-10-22/h11,14-16,18H,4-10,12-13H2,1-3H3/t14-,15+,16+,18+,20+/m0/s1. The van der Waals surface area contributed by atoms with Crippen LogP contribution in [-0.4, -0.2) is 61.6 Å². The van der Waals surface area contributed by atoms with Crippen molar-refractivity contribution in [3.05, 3.63) is 11.6 Å². The van der Waals surface area contributed by atoms with Gasteiger partial charge in [-0.1, -0.05) is 31.9 Å². The van der Waals surface area contributed by atoms with Crippen LogP contribution in [0.5, 0.6) is 0 Å². The normalized spacial score (nSPS) is 43.8. The lowest BCUT2D eigenvalue weighted by Gasteiger charge is -2.46. The molecule has 2 saturated heterocycles. The summed E-state index contributed by atoms with van der Waals surface area (Å²) in [5.41, 5.74) is 1.89. The van der Waals surface area contributed by atoms with Crippen molar-refractivity contribution in [1.82, 2.24) is 9.80 Å². The highest BCUT2D eigenvalue weighted by atomic mass is 16.6. The molecule has 0 amide bonds. The molecule has 3 fully saturated rings. The van der Waals surface area contributed by atoms with Crippen LogP contribution in [-0.2, 0) is 9.53 Å². The third-order valence-corrected chi connectivity index (χ3v) is 7.13. The van der Waals surface area contributed by atoms with Crippen molar-refractivity contribution in [2.75, 3.05) is 39.8 Å². The van der Waals surface area contributed by atoms with Crippen molar-refractivity contribution in [2.24, 2.45) is 23.2 Å². The Morgan fingerprint density at radius 1 is 1.29 bits per heavy atom. The number of carbonyl (C=O) groups excluding carboxylic acids is 1. The van der Waals surface area contributed by atoms with Gasteiger partial charge in [-0.05, 0) is 37.6 Å². The maximum atomic E-state index is 12.6. The van der Waals surface area contributed by atoms with E-state index < -0.39 is 0 Å². The second-order valence-electron chi connectivity index (χ2n) is 8.94. The van der Waals surface area contributed by atoms with E-state index in [-0.39, 0.29) is 23.4 Å². The van der Waals surface area contributed by atoms with Crippen LogP contribution in [0.15, 0.2) is 11.6 Å². The van der Waals surface area contributed by atoms with Crippen LogP contribution in [0, 0.1) is 23.2 Å². The molecule has 24 heavy (non-hydrogen) atoms. The first kappa shape index (κ1) is 16.6. The fourth-order valence-corrected chi connectivity index (χ4v) is 5.57. The molecule has 0 aromatic carbocycles. The largest absolute Gasteiger partial charge is 0.461 e. The Morgan fingerprint density at radius 2 is 2.04 bits per heavy atom. The first-order valence-corrected chi connectivity index (χ1v) is 9.80. The second kappa shape index (κ2) is 6.14. The van der Waals surface area contributed by atoms with Gasteiger partial charge in [-0.25, -0.2) is 0 Å². The summed E-state index contributed by atoms with van der Waals surface area (Å²) in [7, 11) is 2.17. The summed E-state index contributed by atoms with van der Waals surface area (Å²) in [6, 6.07) is 0. The molecule has 4 rings (SSSR count). The van der Waals surface area contributed by atoms with Gasteiger partial charge in [0, 0.05) is 38.6 Å². The van der Waals surface area contributed by atoms with E-state index in [0.29, 0.717) is 11.8 Å². The van der Waals surface area contributed by atoms with Gasteiger partial charge in [0.2, 0.25) is 0 Å². The van der Waals surface area contributed by atoms with Crippen LogP contribution in [0.1, 0.15) is 39.5 Å². The molecular weight excluding hydrogens is 300 g/mol. The number of likely N-dealkylation sites (N-methyl/N-ethyl adjacent to an activating group) is 1. The third kappa shape index (κ3) is 2.82. The summed E-state index contributed by atoms with van der Waals surface area (Å²) in [5, 5.41) is 0. The van der Waals surface area contributed by atoms with Crippen molar-refractivity contribution >= 4 is 5.97 Å². The molecule has 0 radical (unpaired) electrons. The molecule has 2 aliphatic heterocycles. The molecule has 2 heterocycles. The highest BCUT2D eigenvalue weighted by Gasteiger charge is 2.51. The molecule has 1 saturated carbocycles. The number of hydrogen-bond acceptors (Lipinski definition) is 4. The average molecular weight is 332 g/mol. The Kier molecular flexibility index (Phi) is 4.24. The molecule has 4 nitrogen and oxygen atoms in total. The molecule has 2 aliphatic carbocycles. The van der Waals surface area contributed by atoms with E-state index in [1.54, 1.807) is 5.57 Å². The van der Waals surface area contributed by atoms with Crippen LogP contribution in [0.3, 0.4) is 0 Å². The first-order valence-electron chi connectivity index (χ1n) is 9.80. The minimum atomic E-state index is 0.0459. The van der Waals surface area contributed by atoms with Crippen molar-refractivity contribution in [2.45, 2.75) is 45.6 Å². The molecular formula is C20H32N2O2. The highest BCUT2D eigenvalue weighted by molar-refractivity contribution is 5.76. The number of esters is 1. The molecule has 0 N–H and O–H groups in total. The lowest BCUT2D eigenvalue weighted by atomic mass is 9.59. The fourth-order valence-electron chi connectivity index (χ4n) is 5.57. The quantitative estimate of drug-likeness (QED) is 0.575. The van der Waals surface area contributed by atoms with Crippen molar-refractivity contribution in [3.8, 4) is 0 Å². The van der Waals surface area contributed by atoms with E-state index >= 15 is 0 Å². The monoisotopic (exact) mass is 332 g/mol. The summed E-state index contributed by atoms with van der Waals surface area (Å²) in [5.74, 6) is 1.07. The second-order valence-corrected chi connectivity index (χ2v) is 8.94. The fraction of sp³-hybridized carbons (Fsp3) is 0.850. The smallest absolute Gasteiger partial charge is 0.311 e. The number of fused-ring (bicyclic) bond motifs is 2.